The molecule has 0 aromatic carbocycles. The van der Waals surface area contributed by atoms with Crippen LogP contribution in [0.25, 0.3) is 0 Å². The van der Waals surface area contributed by atoms with Crippen molar-refractivity contribution in [3.63, 3.8) is 0 Å². The van der Waals surface area contributed by atoms with Crippen molar-refractivity contribution in [1.82, 2.24) is 0 Å². The third-order valence-electron chi connectivity index (χ3n) is 2.13. The molecule has 0 aliphatic heterocycles. The Morgan fingerprint density at radius 3 is 2.47 bits per heavy atom. The number of hydrogen-bond donors (Lipinski definition) is 0. The lowest BCUT2D eigenvalue weighted by atomic mass is 10.2. The smallest absolute Gasteiger partial charge is 0.232 e. The van der Waals surface area contributed by atoms with Gasteiger partial charge in [-0.05, 0) is 26.2 Å². The van der Waals surface area contributed by atoms with Gasteiger partial charge in [0.05, 0.1) is 11.9 Å². The normalized spacial score (nSPS) is 14.1. The lowest BCUT2D eigenvalue weighted by molar-refractivity contribution is 0.0573. The van der Waals surface area contributed by atoms with Gasteiger partial charge in [-0.2, -0.15) is 0 Å². The maximum absolute atomic E-state index is 10.6. The zero-order valence-corrected chi connectivity index (χ0v) is 11.1. The second kappa shape index (κ2) is 8.36. The fourth-order valence-electron chi connectivity index (χ4n) is 1.33. The van der Waals surface area contributed by atoms with Crippen molar-refractivity contribution in [2.24, 2.45) is 0 Å². The van der Waals surface area contributed by atoms with E-state index in [1.54, 1.807) is 0 Å². The van der Waals surface area contributed by atoms with E-state index in [2.05, 4.69) is 13.8 Å². The van der Waals surface area contributed by atoms with Gasteiger partial charge >= 0.3 is 0 Å². The number of hydrogen-bond acceptors (Lipinski definition) is 3. The van der Waals surface area contributed by atoms with Gasteiger partial charge < -0.3 is 4.74 Å². The fraction of sp³-hybridized carbons (Fsp3) is 1.00. The summed E-state index contributed by atoms with van der Waals surface area (Å²) in [5.41, 5.74) is 0. The van der Waals surface area contributed by atoms with Gasteiger partial charge in [-0.3, -0.25) is 0 Å². The van der Waals surface area contributed by atoms with Crippen LogP contribution < -0.4 is 0 Å². The average Bonchev–Trinajstić information content (AvgIpc) is 2.09. The van der Waals surface area contributed by atoms with Gasteiger partial charge in [0.15, 0.2) is 0 Å². The molecular weight excluding hydrogens is 236 g/mol. The Hall–Kier alpha value is 0.200. The molecule has 0 amide bonds. The molecule has 0 heterocycles. The Balaban J connectivity index is 3.25. The van der Waals surface area contributed by atoms with Crippen LogP contribution >= 0.6 is 10.7 Å². The maximum Gasteiger partial charge on any atom is 0.232 e. The van der Waals surface area contributed by atoms with E-state index in [0.717, 1.165) is 25.7 Å². The molecule has 92 valence electrons. The van der Waals surface area contributed by atoms with Gasteiger partial charge in [0, 0.05) is 17.3 Å². The fourth-order valence-corrected chi connectivity index (χ4v) is 2.20. The van der Waals surface area contributed by atoms with Crippen molar-refractivity contribution in [2.75, 3.05) is 12.4 Å². The van der Waals surface area contributed by atoms with E-state index in [1.807, 2.05) is 0 Å². The average molecular weight is 257 g/mol. The highest BCUT2D eigenvalue weighted by atomic mass is 35.7. The minimum absolute atomic E-state index is 0.0685. The number of ether oxygens (including phenoxy) is 1. The SMILES string of the molecule is CCCC(C)OCCCCCS(=O)(=O)Cl. The maximum atomic E-state index is 10.6. The van der Waals surface area contributed by atoms with Gasteiger partial charge in [-0.15, -0.1) is 0 Å². The van der Waals surface area contributed by atoms with E-state index in [9.17, 15) is 8.42 Å². The van der Waals surface area contributed by atoms with E-state index in [0.29, 0.717) is 19.1 Å². The molecule has 1 unspecified atom stereocenters. The Kier molecular flexibility index (Phi) is 8.47. The Morgan fingerprint density at radius 1 is 1.27 bits per heavy atom. The number of unbranched alkanes of at least 4 members (excludes halogenated alkanes) is 2. The molecule has 0 aromatic heterocycles. The van der Waals surface area contributed by atoms with E-state index in [4.69, 9.17) is 15.4 Å². The lowest BCUT2D eigenvalue weighted by Gasteiger charge is -2.11. The van der Waals surface area contributed by atoms with Gasteiger partial charge in [-0.25, -0.2) is 8.42 Å². The summed E-state index contributed by atoms with van der Waals surface area (Å²) < 4.78 is 26.7. The molecule has 0 spiro atoms. The molecule has 1 atom stereocenters. The quantitative estimate of drug-likeness (QED) is 0.471. The lowest BCUT2D eigenvalue weighted by Crippen LogP contribution is -2.08. The molecule has 5 heteroatoms. The first-order valence-electron chi connectivity index (χ1n) is 5.49. The van der Waals surface area contributed by atoms with Gasteiger partial charge in [-0.1, -0.05) is 19.8 Å². The highest BCUT2D eigenvalue weighted by molar-refractivity contribution is 8.13. The summed E-state index contributed by atoms with van der Waals surface area (Å²) in [5, 5.41) is 0. The first-order chi connectivity index (χ1) is 6.95. The monoisotopic (exact) mass is 256 g/mol. The number of rotatable bonds is 9. The summed E-state index contributed by atoms with van der Waals surface area (Å²) >= 11 is 0. The molecule has 0 saturated heterocycles. The van der Waals surface area contributed by atoms with Crippen molar-refractivity contribution in [3.05, 3.63) is 0 Å². The van der Waals surface area contributed by atoms with Gasteiger partial charge in [0.1, 0.15) is 0 Å². The summed E-state index contributed by atoms with van der Waals surface area (Å²) in [7, 11) is 1.77. The summed E-state index contributed by atoms with van der Waals surface area (Å²) in [4.78, 5) is 0. The molecule has 15 heavy (non-hydrogen) atoms. The van der Waals surface area contributed by atoms with E-state index < -0.39 is 9.05 Å². The Labute approximate surface area is 97.6 Å². The van der Waals surface area contributed by atoms with Crippen LogP contribution in [0, 0.1) is 0 Å². The van der Waals surface area contributed by atoms with Crippen molar-refractivity contribution in [3.8, 4) is 0 Å². The highest BCUT2D eigenvalue weighted by Crippen LogP contribution is 2.06. The van der Waals surface area contributed by atoms with E-state index in [-0.39, 0.29) is 5.75 Å². The van der Waals surface area contributed by atoms with Crippen LogP contribution in [0.2, 0.25) is 0 Å². The van der Waals surface area contributed by atoms with Crippen molar-refractivity contribution in [1.29, 1.82) is 0 Å². The molecule has 0 saturated carbocycles. The molecule has 0 aliphatic rings. The van der Waals surface area contributed by atoms with Crippen LogP contribution in [-0.4, -0.2) is 26.9 Å². The molecule has 0 radical (unpaired) electrons. The molecule has 0 rings (SSSR count). The van der Waals surface area contributed by atoms with Crippen molar-refractivity contribution >= 4 is 19.7 Å². The first kappa shape index (κ1) is 15.2. The molecule has 0 aliphatic carbocycles. The second-order valence-corrected chi connectivity index (χ2v) is 6.67. The molecule has 0 bridgehead atoms. The topological polar surface area (TPSA) is 43.4 Å². The van der Waals surface area contributed by atoms with Crippen LogP contribution in [-0.2, 0) is 13.8 Å². The number of halogens is 1. The molecule has 0 N–H and O–H groups in total. The second-order valence-electron chi connectivity index (χ2n) is 3.77. The summed E-state index contributed by atoms with van der Waals surface area (Å²) in [6, 6.07) is 0. The Bertz CT molecular complexity index is 239. The van der Waals surface area contributed by atoms with Gasteiger partial charge in [0.2, 0.25) is 9.05 Å². The summed E-state index contributed by atoms with van der Waals surface area (Å²) in [6.07, 6.45) is 4.90. The van der Waals surface area contributed by atoms with E-state index in [1.165, 1.54) is 0 Å². The zero-order valence-electron chi connectivity index (χ0n) is 9.54. The van der Waals surface area contributed by atoms with Crippen LogP contribution in [0.4, 0.5) is 0 Å². The third kappa shape index (κ3) is 12.1. The van der Waals surface area contributed by atoms with Crippen molar-refractivity contribution in [2.45, 2.75) is 52.1 Å². The van der Waals surface area contributed by atoms with Crippen LogP contribution in [0.5, 0.6) is 0 Å². The highest BCUT2D eigenvalue weighted by Gasteiger charge is 2.04. The minimum Gasteiger partial charge on any atom is -0.379 e. The minimum atomic E-state index is -3.30. The molecule has 0 aromatic rings. The molecule has 3 nitrogen and oxygen atoms in total. The third-order valence-corrected chi connectivity index (χ3v) is 3.37. The van der Waals surface area contributed by atoms with Crippen molar-refractivity contribution < 1.29 is 13.2 Å². The first-order valence-corrected chi connectivity index (χ1v) is 7.97. The van der Waals surface area contributed by atoms with E-state index >= 15 is 0 Å². The van der Waals surface area contributed by atoms with Crippen LogP contribution in [0.15, 0.2) is 0 Å². The molecular formula is C10H21ClO3S. The van der Waals surface area contributed by atoms with Gasteiger partial charge in [0.25, 0.3) is 0 Å². The largest absolute Gasteiger partial charge is 0.379 e. The summed E-state index contributed by atoms with van der Waals surface area (Å²) in [5.74, 6) is 0.0685. The summed E-state index contributed by atoms with van der Waals surface area (Å²) in [6.45, 7) is 4.90. The zero-order chi connectivity index (χ0) is 11.7. The predicted molar refractivity (Wildman–Crippen MR) is 63.8 cm³/mol. The Morgan fingerprint density at radius 2 is 1.93 bits per heavy atom. The van der Waals surface area contributed by atoms with Crippen LogP contribution in [0.1, 0.15) is 46.0 Å². The predicted octanol–water partition coefficient (Wildman–Crippen LogP) is 2.93. The standard InChI is InChI=1S/C10H21ClO3S/c1-3-7-10(2)14-8-5-4-6-9-15(11,12)13/h10H,3-9H2,1-2H3. The molecule has 0 fully saturated rings. The van der Waals surface area contributed by atoms with Crippen LogP contribution in [0.3, 0.4) is 0 Å².